The minimum Gasteiger partial charge on any atom is -0.494 e. The number of fused-ring (bicyclic) bond motifs is 1. The van der Waals surface area contributed by atoms with E-state index in [0.717, 1.165) is 5.39 Å². The van der Waals surface area contributed by atoms with Gasteiger partial charge in [-0.05, 0) is 25.1 Å². The maximum absolute atomic E-state index is 12.7. The summed E-state index contributed by atoms with van der Waals surface area (Å²) in [5.74, 6) is 0.398. The number of nitrogens with one attached hydrogen (secondary N) is 1. The fourth-order valence-electron chi connectivity index (χ4n) is 2.36. The zero-order chi connectivity index (χ0) is 16.4. The van der Waals surface area contributed by atoms with Gasteiger partial charge in [0.1, 0.15) is 11.4 Å². The van der Waals surface area contributed by atoms with Crippen LogP contribution in [-0.2, 0) is 16.6 Å². The van der Waals surface area contributed by atoms with Crippen LogP contribution in [0, 0.1) is 0 Å². The molecule has 0 amide bonds. The topological polar surface area (TPSA) is 86.1 Å². The molecule has 0 aliphatic carbocycles. The number of rotatable bonds is 5. The standard InChI is InChI=1S/C15H16N4O3S/c1-3-19-10-9-17-15(19)23(20,21)18-14-12(22-2)7-6-11-5-4-8-16-13(11)14/h4-10,18H,3H2,1-2H3. The predicted molar refractivity (Wildman–Crippen MR) is 87.0 cm³/mol. The number of sulfonamides is 1. The largest absolute Gasteiger partial charge is 0.494 e. The first-order chi connectivity index (χ1) is 11.1. The third-order valence-corrected chi connectivity index (χ3v) is 4.74. The molecule has 0 bridgehead atoms. The van der Waals surface area contributed by atoms with Gasteiger partial charge in [-0.2, -0.15) is 8.42 Å². The van der Waals surface area contributed by atoms with Crippen molar-refractivity contribution < 1.29 is 13.2 Å². The summed E-state index contributed by atoms with van der Waals surface area (Å²) < 4.78 is 34.7. The third kappa shape index (κ3) is 2.72. The molecular formula is C15H16N4O3S. The number of nitrogens with zero attached hydrogens (tertiary/aromatic N) is 3. The number of anilines is 1. The molecule has 1 aromatic carbocycles. The highest BCUT2D eigenvalue weighted by molar-refractivity contribution is 7.92. The van der Waals surface area contributed by atoms with E-state index in [2.05, 4.69) is 14.7 Å². The van der Waals surface area contributed by atoms with Crippen molar-refractivity contribution in [3.8, 4) is 5.75 Å². The van der Waals surface area contributed by atoms with Crippen molar-refractivity contribution >= 4 is 26.6 Å². The van der Waals surface area contributed by atoms with Gasteiger partial charge in [0.2, 0.25) is 5.16 Å². The first-order valence-electron chi connectivity index (χ1n) is 7.02. The average molecular weight is 332 g/mol. The van der Waals surface area contributed by atoms with Crippen molar-refractivity contribution in [1.29, 1.82) is 0 Å². The van der Waals surface area contributed by atoms with E-state index < -0.39 is 10.0 Å². The van der Waals surface area contributed by atoms with Gasteiger partial charge in [0.25, 0.3) is 10.0 Å². The van der Waals surface area contributed by atoms with E-state index in [-0.39, 0.29) is 5.16 Å². The monoisotopic (exact) mass is 332 g/mol. The van der Waals surface area contributed by atoms with Gasteiger partial charge in [-0.25, -0.2) is 4.98 Å². The predicted octanol–water partition coefficient (Wildman–Crippen LogP) is 2.26. The molecule has 8 heteroatoms. The third-order valence-electron chi connectivity index (χ3n) is 3.45. The Hall–Kier alpha value is -2.61. The Morgan fingerprint density at radius 2 is 2.04 bits per heavy atom. The SMILES string of the molecule is CCn1ccnc1S(=O)(=O)Nc1c(OC)ccc2cccnc12. The summed E-state index contributed by atoms with van der Waals surface area (Å²) in [4.78, 5) is 8.21. The summed E-state index contributed by atoms with van der Waals surface area (Å²) in [7, 11) is -2.37. The van der Waals surface area contributed by atoms with Gasteiger partial charge < -0.3 is 9.30 Å². The highest BCUT2D eigenvalue weighted by Crippen LogP contribution is 2.33. The summed E-state index contributed by atoms with van der Waals surface area (Å²) in [6, 6.07) is 7.17. The number of hydrogen-bond donors (Lipinski definition) is 1. The minimum atomic E-state index is -3.85. The van der Waals surface area contributed by atoms with Crippen LogP contribution in [0.3, 0.4) is 0 Å². The Labute approximate surface area is 134 Å². The van der Waals surface area contributed by atoms with Gasteiger partial charge in [-0.1, -0.05) is 6.07 Å². The van der Waals surface area contributed by atoms with E-state index in [1.165, 1.54) is 13.3 Å². The normalized spacial score (nSPS) is 11.6. The van der Waals surface area contributed by atoms with Crippen LogP contribution in [0.4, 0.5) is 5.69 Å². The fraction of sp³-hybridized carbons (Fsp3) is 0.200. The van der Waals surface area contributed by atoms with E-state index in [4.69, 9.17) is 4.74 Å². The average Bonchev–Trinajstić information content (AvgIpc) is 3.04. The Morgan fingerprint density at radius 3 is 2.78 bits per heavy atom. The first kappa shape index (κ1) is 15.3. The summed E-state index contributed by atoms with van der Waals surface area (Å²) in [6.45, 7) is 2.35. The smallest absolute Gasteiger partial charge is 0.296 e. The minimum absolute atomic E-state index is 0.0463. The van der Waals surface area contributed by atoms with Crippen LogP contribution < -0.4 is 9.46 Å². The lowest BCUT2D eigenvalue weighted by atomic mass is 10.2. The number of ether oxygens (including phenoxy) is 1. The molecule has 3 rings (SSSR count). The Kier molecular flexibility index (Phi) is 3.91. The van der Waals surface area contributed by atoms with Crippen molar-refractivity contribution in [2.45, 2.75) is 18.6 Å². The van der Waals surface area contributed by atoms with Gasteiger partial charge in [-0.15, -0.1) is 0 Å². The van der Waals surface area contributed by atoms with E-state index in [1.54, 1.807) is 29.1 Å². The number of aromatic nitrogens is 3. The summed E-state index contributed by atoms with van der Waals surface area (Å²) >= 11 is 0. The maximum Gasteiger partial charge on any atom is 0.296 e. The van der Waals surface area contributed by atoms with Crippen LogP contribution in [0.25, 0.3) is 10.9 Å². The number of benzene rings is 1. The fourth-order valence-corrected chi connectivity index (χ4v) is 3.61. The van der Waals surface area contributed by atoms with Crippen LogP contribution in [0.5, 0.6) is 5.75 Å². The van der Waals surface area contributed by atoms with Gasteiger partial charge in [0.15, 0.2) is 0 Å². The van der Waals surface area contributed by atoms with Crippen molar-refractivity contribution in [3.63, 3.8) is 0 Å². The Balaban J connectivity index is 2.14. The second-order valence-corrected chi connectivity index (χ2v) is 6.40. The molecule has 1 N–H and O–H groups in total. The van der Waals surface area contributed by atoms with Crippen molar-refractivity contribution in [3.05, 3.63) is 42.9 Å². The molecule has 2 aromatic heterocycles. The van der Waals surface area contributed by atoms with Gasteiger partial charge >= 0.3 is 0 Å². The van der Waals surface area contributed by atoms with Crippen LogP contribution in [0.15, 0.2) is 48.0 Å². The Morgan fingerprint density at radius 1 is 1.22 bits per heavy atom. The molecule has 7 nitrogen and oxygen atoms in total. The number of aryl methyl sites for hydroxylation is 1. The molecule has 0 saturated heterocycles. The highest BCUT2D eigenvalue weighted by Gasteiger charge is 2.23. The molecule has 0 spiro atoms. The van der Waals surface area contributed by atoms with E-state index in [0.29, 0.717) is 23.5 Å². The van der Waals surface area contributed by atoms with Crippen molar-refractivity contribution in [2.75, 3.05) is 11.8 Å². The van der Waals surface area contributed by atoms with E-state index in [9.17, 15) is 8.42 Å². The number of pyridine rings is 1. The number of imidazole rings is 1. The molecule has 3 aromatic rings. The molecule has 0 saturated carbocycles. The van der Waals surface area contributed by atoms with E-state index >= 15 is 0 Å². The van der Waals surface area contributed by atoms with Crippen LogP contribution in [0.2, 0.25) is 0 Å². The molecule has 0 radical (unpaired) electrons. The van der Waals surface area contributed by atoms with Crippen LogP contribution >= 0.6 is 0 Å². The molecule has 23 heavy (non-hydrogen) atoms. The zero-order valence-corrected chi connectivity index (χ0v) is 13.5. The van der Waals surface area contributed by atoms with E-state index in [1.807, 2.05) is 19.1 Å². The molecule has 0 unspecified atom stereocenters. The lowest BCUT2D eigenvalue weighted by Crippen LogP contribution is -2.19. The molecular weight excluding hydrogens is 316 g/mol. The molecule has 0 atom stereocenters. The van der Waals surface area contributed by atoms with Crippen LogP contribution in [-0.4, -0.2) is 30.1 Å². The van der Waals surface area contributed by atoms with Gasteiger partial charge in [0.05, 0.1) is 12.6 Å². The van der Waals surface area contributed by atoms with Crippen molar-refractivity contribution in [2.24, 2.45) is 0 Å². The summed E-state index contributed by atoms with van der Waals surface area (Å²) in [6.07, 6.45) is 4.68. The highest BCUT2D eigenvalue weighted by atomic mass is 32.2. The zero-order valence-electron chi connectivity index (χ0n) is 12.7. The lowest BCUT2D eigenvalue weighted by Gasteiger charge is -2.14. The molecule has 120 valence electrons. The van der Waals surface area contributed by atoms with Gasteiger partial charge in [0, 0.05) is 30.5 Å². The second kappa shape index (κ2) is 5.88. The maximum atomic E-state index is 12.7. The second-order valence-electron chi connectivity index (χ2n) is 4.82. The summed E-state index contributed by atoms with van der Waals surface area (Å²) in [5.41, 5.74) is 0.821. The van der Waals surface area contributed by atoms with Crippen LogP contribution in [0.1, 0.15) is 6.92 Å². The quantitative estimate of drug-likeness (QED) is 0.774. The molecule has 2 heterocycles. The summed E-state index contributed by atoms with van der Waals surface area (Å²) in [5, 5.41) is 0.764. The first-order valence-corrected chi connectivity index (χ1v) is 8.51. The number of methoxy groups -OCH3 is 1. The van der Waals surface area contributed by atoms with Gasteiger partial charge in [-0.3, -0.25) is 9.71 Å². The van der Waals surface area contributed by atoms with Crippen molar-refractivity contribution in [1.82, 2.24) is 14.5 Å². The molecule has 0 aliphatic heterocycles. The lowest BCUT2D eigenvalue weighted by molar-refractivity contribution is 0.417. The number of hydrogen-bond acceptors (Lipinski definition) is 5. The Bertz CT molecular complexity index is 950. The molecule has 0 aliphatic rings. The molecule has 0 fully saturated rings.